The molecule has 0 aliphatic carbocycles. The van der Waals surface area contributed by atoms with Gasteiger partial charge in [-0.15, -0.1) is 0 Å². The molecule has 106 valence electrons. The monoisotopic (exact) mass is 256 g/mol. The van der Waals surface area contributed by atoms with Crippen LogP contribution in [-0.2, 0) is 4.74 Å². The van der Waals surface area contributed by atoms with Crippen molar-refractivity contribution in [1.82, 2.24) is 4.90 Å². The summed E-state index contributed by atoms with van der Waals surface area (Å²) in [6, 6.07) is 0. The summed E-state index contributed by atoms with van der Waals surface area (Å²) in [7, 11) is 0. The summed E-state index contributed by atoms with van der Waals surface area (Å²) < 4.78 is 5.41. The van der Waals surface area contributed by atoms with E-state index in [0.29, 0.717) is 11.8 Å². The molecule has 4 heteroatoms. The number of ether oxygens (including phenoxy) is 1. The molecule has 1 aliphatic heterocycles. The molecule has 4 nitrogen and oxygen atoms in total. The van der Waals surface area contributed by atoms with E-state index in [1.807, 2.05) is 4.90 Å². The Hall–Kier alpha value is -0.770. The second-order valence-electron chi connectivity index (χ2n) is 5.91. The first-order chi connectivity index (χ1) is 8.52. The zero-order valence-electron chi connectivity index (χ0n) is 12.0. The molecule has 1 fully saturated rings. The Labute approximate surface area is 111 Å². The van der Waals surface area contributed by atoms with Crippen LogP contribution >= 0.6 is 0 Å². The van der Waals surface area contributed by atoms with E-state index in [4.69, 9.17) is 10.5 Å². The third-order valence-corrected chi connectivity index (χ3v) is 3.49. The average Bonchev–Trinajstić information content (AvgIpc) is 2.64. The van der Waals surface area contributed by atoms with Gasteiger partial charge in [-0.3, -0.25) is 0 Å². The highest BCUT2D eigenvalue weighted by molar-refractivity contribution is 5.69. The summed E-state index contributed by atoms with van der Waals surface area (Å²) in [5, 5.41) is 0. The summed E-state index contributed by atoms with van der Waals surface area (Å²) in [6.45, 7) is 8.89. The van der Waals surface area contributed by atoms with Crippen LogP contribution in [0, 0.1) is 11.8 Å². The first kappa shape index (κ1) is 15.3. The van der Waals surface area contributed by atoms with Gasteiger partial charge >= 0.3 is 6.09 Å². The molecule has 18 heavy (non-hydrogen) atoms. The maximum Gasteiger partial charge on any atom is 0.410 e. The van der Waals surface area contributed by atoms with E-state index in [1.165, 1.54) is 0 Å². The predicted octanol–water partition coefficient (Wildman–Crippen LogP) is 2.62. The van der Waals surface area contributed by atoms with Crippen molar-refractivity contribution >= 4 is 6.09 Å². The topological polar surface area (TPSA) is 55.6 Å². The van der Waals surface area contributed by atoms with Crippen LogP contribution in [0.1, 0.15) is 46.5 Å². The number of nitrogens with two attached hydrogens (primary N) is 1. The number of nitrogens with zero attached hydrogens (tertiary/aromatic N) is 1. The Morgan fingerprint density at radius 2 is 2.11 bits per heavy atom. The largest absolute Gasteiger partial charge is 0.444 e. The average molecular weight is 256 g/mol. The van der Waals surface area contributed by atoms with E-state index < -0.39 is 0 Å². The molecule has 1 heterocycles. The maximum atomic E-state index is 11.7. The van der Waals surface area contributed by atoms with Crippen molar-refractivity contribution in [1.29, 1.82) is 0 Å². The molecule has 0 bridgehead atoms. The summed E-state index contributed by atoms with van der Waals surface area (Å²) in [5.41, 5.74) is 5.50. The molecule has 1 aliphatic rings. The van der Waals surface area contributed by atoms with Gasteiger partial charge in [0, 0.05) is 6.54 Å². The van der Waals surface area contributed by atoms with Gasteiger partial charge in [-0.05, 0) is 44.1 Å². The van der Waals surface area contributed by atoms with Gasteiger partial charge in [0.1, 0.15) is 6.10 Å². The van der Waals surface area contributed by atoms with Crippen LogP contribution in [-0.4, -0.2) is 36.7 Å². The Kier molecular flexibility index (Phi) is 6.47. The first-order valence-electron chi connectivity index (χ1n) is 7.18. The second-order valence-corrected chi connectivity index (χ2v) is 5.91. The van der Waals surface area contributed by atoms with Gasteiger partial charge in [0.2, 0.25) is 0 Å². The van der Waals surface area contributed by atoms with Gasteiger partial charge < -0.3 is 15.4 Å². The van der Waals surface area contributed by atoms with Crippen LogP contribution < -0.4 is 5.73 Å². The highest BCUT2D eigenvalue weighted by Crippen LogP contribution is 2.21. The lowest BCUT2D eigenvalue weighted by Crippen LogP contribution is -2.27. The molecular formula is C14H28N2O2. The lowest BCUT2D eigenvalue weighted by Gasteiger charge is -2.16. The first-order valence-corrected chi connectivity index (χ1v) is 7.18. The van der Waals surface area contributed by atoms with Gasteiger partial charge in [0.15, 0.2) is 0 Å². The lowest BCUT2D eigenvalue weighted by atomic mass is 9.98. The van der Waals surface area contributed by atoms with Gasteiger partial charge in [-0.2, -0.15) is 0 Å². The summed E-state index contributed by atoms with van der Waals surface area (Å²) >= 11 is 0. The third kappa shape index (κ3) is 5.25. The molecule has 0 aromatic carbocycles. The molecule has 0 radical (unpaired) electrons. The SMILES string of the molecule is CC(C)CCN1CC(CC(C)CCCN)OC1=O. The molecule has 1 amide bonds. The molecule has 2 unspecified atom stereocenters. The number of hydrogen-bond donors (Lipinski definition) is 1. The van der Waals surface area contributed by atoms with E-state index in [9.17, 15) is 4.79 Å². The Bertz CT molecular complexity index is 256. The van der Waals surface area contributed by atoms with Crippen molar-refractivity contribution in [2.24, 2.45) is 17.6 Å². The van der Waals surface area contributed by atoms with E-state index >= 15 is 0 Å². The van der Waals surface area contributed by atoms with E-state index in [-0.39, 0.29) is 12.2 Å². The zero-order chi connectivity index (χ0) is 13.5. The number of hydrogen-bond acceptors (Lipinski definition) is 3. The number of carbonyl (C=O) groups is 1. The molecule has 2 atom stereocenters. The van der Waals surface area contributed by atoms with Gasteiger partial charge in [0.25, 0.3) is 0 Å². The van der Waals surface area contributed by atoms with Crippen molar-refractivity contribution in [2.75, 3.05) is 19.6 Å². The van der Waals surface area contributed by atoms with Crippen molar-refractivity contribution in [2.45, 2.75) is 52.6 Å². The van der Waals surface area contributed by atoms with Crippen LogP contribution in [0.3, 0.4) is 0 Å². The lowest BCUT2D eigenvalue weighted by molar-refractivity contribution is 0.120. The molecule has 1 saturated heterocycles. The number of cyclic esters (lactones) is 1. The standard InChI is InChI=1S/C14H28N2O2/c1-11(2)6-8-16-10-13(18-14(16)17)9-12(3)5-4-7-15/h11-13H,4-10,15H2,1-3H3. The summed E-state index contributed by atoms with van der Waals surface area (Å²) in [6.07, 6.45) is 4.13. The van der Waals surface area contributed by atoms with E-state index in [1.54, 1.807) is 0 Å². The Balaban J connectivity index is 2.27. The van der Waals surface area contributed by atoms with Crippen molar-refractivity contribution in [3.63, 3.8) is 0 Å². The fourth-order valence-corrected chi connectivity index (χ4v) is 2.33. The highest BCUT2D eigenvalue weighted by atomic mass is 16.6. The van der Waals surface area contributed by atoms with Crippen LogP contribution in [0.25, 0.3) is 0 Å². The quantitative estimate of drug-likeness (QED) is 0.726. The van der Waals surface area contributed by atoms with E-state index in [2.05, 4.69) is 20.8 Å². The summed E-state index contributed by atoms with van der Waals surface area (Å²) in [5.74, 6) is 1.21. The predicted molar refractivity (Wildman–Crippen MR) is 73.4 cm³/mol. The smallest absolute Gasteiger partial charge is 0.410 e. The van der Waals surface area contributed by atoms with Crippen molar-refractivity contribution in [3.05, 3.63) is 0 Å². The van der Waals surface area contributed by atoms with Crippen LogP contribution in [0.4, 0.5) is 4.79 Å². The minimum atomic E-state index is -0.133. The molecule has 0 aromatic rings. The molecule has 2 N–H and O–H groups in total. The van der Waals surface area contributed by atoms with E-state index in [0.717, 1.165) is 45.3 Å². The van der Waals surface area contributed by atoms with Gasteiger partial charge in [-0.25, -0.2) is 4.79 Å². The van der Waals surface area contributed by atoms with Gasteiger partial charge in [0.05, 0.1) is 6.54 Å². The summed E-state index contributed by atoms with van der Waals surface area (Å²) in [4.78, 5) is 13.5. The number of amides is 1. The molecular weight excluding hydrogens is 228 g/mol. The fourth-order valence-electron chi connectivity index (χ4n) is 2.33. The second kappa shape index (κ2) is 7.62. The maximum absolute atomic E-state index is 11.7. The number of carbonyl (C=O) groups excluding carboxylic acids is 1. The molecule has 0 spiro atoms. The Morgan fingerprint density at radius 1 is 1.39 bits per heavy atom. The van der Waals surface area contributed by atoms with Crippen LogP contribution in [0.5, 0.6) is 0 Å². The molecule has 0 aromatic heterocycles. The van der Waals surface area contributed by atoms with Gasteiger partial charge in [-0.1, -0.05) is 20.8 Å². The fraction of sp³-hybridized carbons (Fsp3) is 0.929. The molecule has 1 rings (SSSR count). The van der Waals surface area contributed by atoms with Crippen LogP contribution in [0.15, 0.2) is 0 Å². The zero-order valence-corrected chi connectivity index (χ0v) is 12.0. The highest BCUT2D eigenvalue weighted by Gasteiger charge is 2.31. The Morgan fingerprint density at radius 3 is 2.72 bits per heavy atom. The normalized spacial score (nSPS) is 21.5. The van der Waals surface area contributed by atoms with Crippen molar-refractivity contribution in [3.8, 4) is 0 Å². The number of rotatable bonds is 8. The molecule has 0 saturated carbocycles. The minimum absolute atomic E-state index is 0.0810. The van der Waals surface area contributed by atoms with Crippen molar-refractivity contribution < 1.29 is 9.53 Å². The minimum Gasteiger partial charge on any atom is -0.444 e. The third-order valence-electron chi connectivity index (χ3n) is 3.49. The van der Waals surface area contributed by atoms with Crippen LogP contribution in [0.2, 0.25) is 0 Å².